The average molecular weight is 529 g/mol. The van der Waals surface area contributed by atoms with Gasteiger partial charge < -0.3 is 9.47 Å². The van der Waals surface area contributed by atoms with Gasteiger partial charge in [0, 0.05) is 23.4 Å². The van der Waals surface area contributed by atoms with Crippen LogP contribution in [0.1, 0.15) is 16.7 Å². The number of nitrogens with one attached hydrogen (secondary N) is 1. The monoisotopic (exact) mass is 528 g/mol. The van der Waals surface area contributed by atoms with Gasteiger partial charge in [-0.25, -0.2) is 12.8 Å². The number of allylic oxidation sites excluding steroid dienone is 1. The van der Waals surface area contributed by atoms with Gasteiger partial charge in [-0.3, -0.25) is 10.1 Å². The van der Waals surface area contributed by atoms with Crippen LogP contribution < -0.4 is 14.8 Å². The van der Waals surface area contributed by atoms with Gasteiger partial charge in [-0.05, 0) is 47.9 Å². The second-order valence-corrected chi connectivity index (χ2v) is 10.1. The van der Waals surface area contributed by atoms with Crippen LogP contribution in [-0.4, -0.2) is 37.0 Å². The number of carbonyl (C=O) groups is 1. The van der Waals surface area contributed by atoms with Crippen LogP contribution >= 0.6 is 11.5 Å². The number of aromatic nitrogens is 2. The highest BCUT2D eigenvalue weighted by molar-refractivity contribution is 7.90. The fourth-order valence-corrected chi connectivity index (χ4v) is 4.46. The van der Waals surface area contributed by atoms with Crippen molar-refractivity contribution in [2.24, 2.45) is 0 Å². The van der Waals surface area contributed by atoms with E-state index in [0.717, 1.165) is 11.8 Å². The maximum absolute atomic E-state index is 13.2. The van der Waals surface area contributed by atoms with Gasteiger partial charge in [-0.2, -0.15) is 14.6 Å². The highest BCUT2D eigenvalue weighted by Crippen LogP contribution is 2.35. The standard InChI is InChI=1S/C24H21FN4O5S2/c1-4-5-17-10-16(12-20(33-2)21(17)34-14-15-6-8-19(25)9-7-15)11-18(13-26)22(30)27-23-28-24(29-35-23)36(3,31)32/h4,6-12H,1,5,14H2,2-3H3,(H,27,28,29,30). The van der Waals surface area contributed by atoms with Crippen molar-refractivity contribution in [1.82, 2.24) is 9.36 Å². The number of ether oxygens (including phenoxy) is 2. The van der Waals surface area contributed by atoms with Gasteiger partial charge in [0.2, 0.25) is 15.0 Å². The Labute approximate surface area is 211 Å². The van der Waals surface area contributed by atoms with Crippen molar-refractivity contribution in [3.05, 3.63) is 77.1 Å². The minimum Gasteiger partial charge on any atom is -0.493 e. The SMILES string of the molecule is C=CCc1cc(C=C(C#N)C(=O)Nc2nc(S(C)(=O)=O)ns2)cc(OC)c1OCc1ccc(F)cc1. The molecule has 36 heavy (non-hydrogen) atoms. The van der Waals surface area contributed by atoms with Crippen molar-refractivity contribution in [3.8, 4) is 17.6 Å². The maximum Gasteiger partial charge on any atom is 0.268 e. The molecule has 0 bridgehead atoms. The van der Waals surface area contributed by atoms with Crippen LogP contribution in [0, 0.1) is 17.1 Å². The molecule has 0 unspecified atom stereocenters. The summed E-state index contributed by atoms with van der Waals surface area (Å²) in [7, 11) is -2.18. The summed E-state index contributed by atoms with van der Waals surface area (Å²) in [6.45, 7) is 3.92. The van der Waals surface area contributed by atoms with E-state index in [0.29, 0.717) is 40.6 Å². The molecule has 186 valence electrons. The minimum atomic E-state index is -3.63. The molecule has 0 aliphatic rings. The number of nitriles is 1. The molecule has 0 saturated heterocycles. The van der Waals surface area contributed by atoms with Crippen LogP contribution in [0.25, 0.3) is 6.08 Å². The van der Waals surface area contributed by atoms with E-state index < -0.39 is 20.9 Å². The number of anilines is 1. The molecule has 0 saturated carbocycles. The lowest BCUT2D eigenvalue weighted by Gasteiger charge is -2.16. The molecule has 1 heterocycles. The van der Waals surface area contributed by atoms with Crippen LogP contribution in [0.15, 0.2) is 59.8 Å². The number of sulfone groups is 1. The zero-order chi connectivity index (χ0) is 26.3. The van der Waals surface area contributed by atoms with E-state index in [2.05, 4.69) is 21.3 Å². The molecule has 1 N–H and O–H groups in total. The second-order valence-electron chi connectivity index (χ2n) is 7.40. The number of nitrogens with zero attached hydrogens (tertiary/aromatic N) is 3. The second kappa shape index (κ2) is 11.6. The molecule has 3 rings (SSSR count). The molecule has 0 atom stereocenters. The first-order chi connectivity index (χ1) is 17.1. The van der Waals surface area contributed by atoms with Gasteiger partial charge in [0.1, 0.15) is 24.1 Å². The van der Waals surface area contributed by atoms with E-state index >= 15 is 0 Å². The summed E-state index contributed by atoms with van der Waals surface area (Å²) in [5.74, 6) is -0.319. The highest BCUT2D eigenvalue weighted by atomic mass is 32.2. The Bertz CT molecular complexity index is 1460. The van der Waals surface area contributed by atoms with Crippen molar-refractivity contribution >= 4 is 38.5 Å². The van der Waals surface area contributed by atoms with E-state index in [4.69, 9.17) is 9.47 Å². The Morgan fingerprint density at radius 1 is 1.31 bits per heavy atom. The molecule has 0 fully saturated rings. The van der Waals surface area contributed by atoms with Crippen LogP contribution in [0.5, 0.6) is 11.5 Å². The van der Waals surface area contributed by atoms with Crippen LogP contribution in [0.4, 0.5) is 9.52 Å². The zero-order valence-corrected chi connectivity index (χ0v) is 21.0. The summed E-state index contributed by atoms with van der Waals surface area (Å²) in [6.07, 6.45) is 4.37. The smallest absolute Gasteiger partial charge is 0.268 e. The Morgan fingerprint density at radius 3 is 2.61 bits per heavy atom. The average Bonchev–Trinajstić information content (AvgIpc) is 3.32. The number of rotatable bonds is 10. The lowest BCUT2D eigenvalue weighted by Crippen LogP contribution is -2.13. The van der Waals surface area contributed by atoms with Crippen molar-refractivity contribution in [2.75, 3.05) is 18.7 Å². The number of carbonyl (C=O) groups excluding carboxylic acids is 1. The van der Waals surface area contributed by atoms with Gasteiger partial charge >= 0.3 is 0 Å². The van der Waals surface area contributed by atoms with Crippen molar-refractivity contribution in [3.63, 3.8) is 0 Å². The summed E-state index contributed by atoms with van der Waals surface area (Å²) < 4.78 is 51.4. The first kappa shape index (κ1) is 26.5. The fraction of sp³-hybridized carbons (Fsp3) is 0.167. The lowest BCUT2D eigenvalue weighted by molar-refractivity contribution is -0.112. The molecular weight excluding hydrogens is 507 g/mol. The van der Waals surface area contributed by atoms with Gasteiger partial charge in [-0.1, -0.05) is 18.2 Å². The number of hydrogen-bond donors (Lipinski definition) is 1. The van der Waals surface area contributed by atoms with Gasteiger partial charge in [0.25, 0.3) is 11.1 Å². The topological polar surface area (TPSA) is 131 Å². The lowest BCUT2D eigenvalue weighted by atomic mass is 10.0. The number of halogens is 1. The van der Waals surface area contributed by atoms with E-state index in [1.54, 1.807) is 30.3 Å². The number of amides is 1. The molecule has 2 aromatic carbocycles. The first-order valence-electron chi connectivity index (χ1n) is 10.3. The maximum atomic E-state index is 13.2. The quantitative estimate of drug-likeness (QED) is 0.238. The van der Waals surface area contributed by atoms with Crippen molar-refractivity contribution < 1.29 is 27.1 Å². The molecule has 1 amide bonds. The first-order valence-corrected chi connectivity index (χ1v) is 13.0. The molecular formula is C24H21FN4O5S2. The molecule has 0 spiro atoms. The summed E-state index contributed by atoms with van der Waals surface area (Å²) >= 11 is 0.683. The summed E-state index contributed by atoms with van der Waals surface area (Å²) in [5.41, 5.74) is 1.68. The normalized spacial score (nSPS) is 11.4. The third kappa shape index (κ3) is 6.74. The zero-order valence-electron chi connectivity index (χ0n) is 19.3. The Hall–Kier alpha value is -4.08. The molecule has 0 aliphatic heterocycles. The van der Waals surface area contributed by atoms with Crippen molar-refractivity contribution in [2.45, 2.75) is 18.2 Å². The largest absolute Gasteiger partial charge is 0.493 e. The third-order valence-electron chi connectivity index (χ3n) is 4.67. The van der Waals surface area contributed by atoms with E-state index in [1.807, 2.05) is 6.07 Å². The van der Waals surface area contributed by atoms with Gasteiger partial charge in [0.05, 0.1) is 7.11 Å². The van der Waals surface area contributed by atoms with E-state index in [1.165, 1.54) is 25.3 Å². The van der Waals surface area contributed by atoms with Crippen LogP contribution in [0.2, 0.25) is 0 Å². The van der Waals surface area contributed by atoms with Crippen LogP contribution in [0.3, 0.4) is 0 Å². The molecule has 0 aliphatic carbocycles. The highest BCUT2D eigenvalue weighted by Gasteiger charge is 2.18. The summed E-state index contributed by atoms with van der Waals surface area (Å²) in [5, 5.41) is 11.5. The van der Waals surface area contributed by atoms with E-state index in [9.17, 15) is 22.9 Å². The Morgan fingerprint density at radius 2 is 2.03 bits per heavy atom. The predicted molar refractivity (Wildman–Crippen MR) is 133 cm³/mol. The molecule has 0 radical (unpaired) electrons. The predicted octanol–water partition coefficient (Wildman–Crippen LogP) is 3.94. The fourth-order valence-electron chi connectivity index (χ4n) is 3.02. The van der Waals surface area contributed by atoms with E-state index in [-0.39, 0.29) is 23.1 Å². The number of benzene rings is 2. The van der Waals surface area contributed by atoms with Crippen molar-refractivity contribution in [1.29, 1.82) is 5.26 Å². The molecule has 9 nitrogen and oxygen atoms in total. The molecule has 3 aromatic rings. The van der Waals surface area contributed by atoms with Gasteiger partial charge in [-0.15, -0.1) is 6.58 Å². The summed E-state index contributed by atoms with van der Waals surface area (Å²) in [6, 6.07) is 11.1. The molecule has 1 aromatic heterocycles. The third-order valence-corrected chi connectivity index (χ3v) is 6.26. The Kier molecular flexibility index (Phi) is 8.52. The number of methoxy groups -OCH3 is 1. The van der Waals surface area contributed by atoms with Gasteiger partial charge in [0.15, 0.2) is 11.5 Å². The number of hydrogen-bond acceptors (Lipinski definition) is 9. The molecule has 12 heteroatoms. The minimum absolute atomic E-state index is 0.0592. The van der Waals surface area contributed by atoms with Crippen LogP contribution in [-0.2, 0) is 27.7 Å². The summed E-state index contributed by atoms with van der Waals surface area (Å²) in [4.78, 5) is 16.4. The Balaban J connectivity index is 1.88.